The number of nitrogens with one attached hydrogen (secondary N) is 1. The number of rotatable bonds is 6. The average Bonchev–Trinajstić information content (AvgIpc) is 2.52. The van der Waals surface area contributed by atoms with Crippen LogP contribution < -0.4 is 10.2 Å². The maximum Gasteiger partial charge on any atom is 0.0640 e. The third kappa shape index (κ3) is 4.13. The first-order chi connectivity index (χ1) is 10.1. The predicted octanol–water partition coefficient (Wildman–Crippen LogP) is 4.78. The number of hydrogen-bond acceptors (Lipinski definition) is 2. The van der Waals surface area contributed by atoms with E-state index < -0.39 is 0 Å². The molecule has 0 aliphatic rings. The molecule has 0 spiro atoms. The molecule has 1 atom stereocenters. The molecule has 4 heteroatoms. The van der Waals surface area contributed by atoms with Gasteiger partial charge in [-0.05, 0) is 37.2 Å². The highest BCUT2D eigenvalue weighted by atomic mass is 35.5. The number of anilines is 1. The number of hydrogen-bond donors (Lipinski definition) is 1. The monoisotopic (exact) mass is 322 g/mol. The summed E-state index contributed by atoms with van der Waals surface area (Å²) in [7, 11) is 4.05. The summed E-state index contributed by atoms with van der Waals surface area (Å²) in [6.07, 6.45) is 0.946. The summed E-state index contributed by atoms with van der Waals surface area (Å²) in [6, 6.07) is 16.3. The smallest absolute Gasteiger partial charge is 0.0640 e. The Kier molecular flexibility index (Phi) is 5.92. The second-order valence-electron chi connectivity index (χ2n) is 5.03. The lowest BCUT2D eigenvalue weighted by atomic mass is 10.0. The maximum absolute atomic E-state index is 6.31. The molecule has 0 fully saturated rings. The Morgan fingerprint density at radius 2 is 1.76 bits per heavy atom. The van der Waals surface area contributed by atoms with Crippen LogP contribution in [-0.4, -0.2) is 20.6 Å². The van der Waals surface area contributed by atoms with Crippen molar-refractivity contribution in [2.45, 2.75) is 12.5 Å². The lowest BCUT2D eigenvalue weighted by molar-refractivity contribution is 0.549. The van der Waals surface area contributed by atoms with Crippen LogP contribution in [0.3, 0.4) is 0 Å². The van der Waals surface area contributed by atoms with Gasteiger partial charge in [0.1, 0.15) is 0 Å². The van der Waals surface area contributed by atoms with Crippen molar-refractivity contribution in [3.63, 3.8) is 0 Å². The number of benzene rings is 2. The lowest BCUT2D eigenvalue weighted by Crippen LogP contribution is -2.25. The summed E-state index contributed by atoms with van der Waals surface area (Å²) < 4.78 is 0. The highest BCUT2D eigenvalue weighted by molar-refractivity contribution is 6.42. The van der Waals surface area contributed by atoms with E-state index in [1.807, 2.05) is 31.3 Å². The van der Waals surface area contributed by atoms with E-state index in [1.54, 1.807) is 0 Å². The zero-order chi connectivity index (χ0) is 15.2. The van der Waals surface area contributed by atoms with Gasteiger partial charge in [0.05, 0.1) is 10.0 Å². The topological polar surface area (TPSA) is 15.3 Å². The summed E-state index contributed by atoms with van der Waals surface area (Å²) >= 11 is 12.4. The SMILES string of the molecule is CNC(CCN(C)c1ccccc1)c1cccc(Cl)c1Cl. The van der Waals surface area contributed by atoms with Crippen LogP contribution in [0.25, 0.3) is 0 Å². The molecule has 2 nitrogen and oxygen atoms in total. The summed E-state index contributed by atoms with van der Waals surface area (Å²) in [5, 5.41) is 4.57. The van der Waals surface area contributed by atoms with Gasteiger partial charge in [-0.15, -0.1) is 0 Å². The fourth-order valence-corrected chi connectivity index (χ4v) is 2.82. The molecular weight excluding hydrogens is 303 g/mol. The molecule has 1 N–H and O–H groups in total. The van der Waals surface area contributed by atoms with Crippen molar-refractivity contribution in [1.29, 1.82) is 0 Å². The molecule has 2 aromatic rings. The maximum atomic E-state index is 6.31. The molecular formula is C17H20Cl2N2. The first-order valence-electron chi connectivity index (χ1n) is 7.01. The van der Waals surface area contributed by atoms with Crippen LogP contribution in [-0.2, 0) is 0 Å². The van der Waals surface area contributed by atoms with Crippen molar-refractivity contribution in [2.75, 3.05) is 25.5 Å². The van der Waals surface area contributed by atoms with Gasteiger partial charge in [0.15, 0.2) is 0 Å². The van der Waals surface area contributed by atoms with Gasteiger partial charge in [0.25, 0.3) is 0 Å². The van der Waals surface area contributed by atoms with Gasteiger partial charge in [-0.25, -0.2) is 0 Å². The van der Waals surface area contributed by atoms with Crippen LogP contribution in [0.15, 0.2) is 48.5 Å². The van der Waals surface area contributed by atoms with Crippen molar-refractivity contribution < 1.29 is 0 Å². The van der Waals surface area contributed by atoms with E-state index in [-0.39, 0.29) is 6.04 Å². The molecule has 0 radical (unpaired) electrons. The molecule has 1 unspecified atom stereocenters. The van der Waals surface area contributed by atoms with E-state index in [0.717, 1.165) is 18.5 Å². The second-order valence-corrected chi connectivity index (χ2v) is 5.82. The fraction of sp³-hybridized carbons (Fsp3) is 0.294. The van der Waals surface area contributed by atoms with Gasteiger partial charge in [0.2, 0.25) is 0 Å². The van der Waals surface area contributed by atoms with Crippen molar-refractivity contribution in [3.8, 4) is 0 Å². The van der Waals surface area contributed by atoms with E-state index in [0.29, 0.717) is 10.0 Å². The Morgan fingerprint density at radius 1 is 1.05 bits per heavy atom. The van der Waals surface area contributed by atoms with E-state index in [4.69, 9.17) is 23.2 Å². The van der Waals surface area contributed by atoms with Gasteiger partial charge >= 0.3 is 0 Å². The average molecular weight is 323 g/mol. The van der Waals surface area contributed by atoms with E-state index in [2.05, 4.69) is 41.5 Å². The third-order valence-electron chi connectivity index (χ3n) is 3.66. The number of nitrogens with zero attached hydrogens (tertiary/aromatic N) is 1. The van der Waals surface area contributed by atoms with Gasteiger partial charge < -0.3 is 10.2 Å². The van der Waals surface area contributed by atoms with Crippen LogP contribution in [0, 0.1) is 0 Å². The van der Waals surface area contributed by atoms with Gasteiger partial charge in [-0.3, -0.25) is 0 Å². The molecule has 112 valence electrons. The predicted molar refractivity (Wildman–Crippen MR) is 92.6 cm³/mol. The largest absolute Gasteiger partial charge is 0.375 e. The van der Waals surface area contributed by atoms with Crippen LogP contribution in [0.5, 0.6) is 0 Å². The molecule has 0 heterocycles. The molecule has 0 bridgehead atoms. The minimum absolute atomic E-state index is 0.183. The second kappa shape index (κ2) is 7.69. The quantitative estimate of drug-likeness (QED) is 0.823. The summed E-state index contributed by atoms with van der Waals surface area (Å²) in [6.45, 7) is 0.929. The highest BCUT2D eigenvalue weighted by Gasteiger charge is 2.15. The zero-order valence-corrected chi connectivity index (χ0v) is 13.8. The Hall–Kier alpha value is -1.22. The summed E-state index contributed by atoms with van der Waals surface area (Å²) in [4.78, 5) is 2.24. The molecule has 2 aromatic carbocycles. The van der Waals surface area contributed by atoms with E-state index in [1.165, 1.54) is 5.69 Å². The lowest BCUT2D eigenvalue weighted by Gasteiger charge is -2.24. The Labute approximate surface area is 136 Å². The molecule has 0 aliphatic heterocycles. The Bertz CT molecular complexity index is 572. The highest BCUT2D eigenvalue weighted by Crippen LogP contribution is 2.31. The first-order valence-corrected chi connectivity index (χ1v) is 7.76. The third-order valence-corrected chi connectivity index (χ3v) is 4.49. The molecule has 0 amide bonds. The number of para-hydroxylation sites is 1. The van der Waals surface area contributed by atoms with Crippen molar-refractivity contribution in [2.24, 2.45) is 0 Å². The fourth-order valence-electron chi connectivity index (χ4n) is 2.38. The van der Waals surface area contributed by atoms with Gasteiger partial charge in [-0.2, -0.15) is 0 Å². The van der Waals surface area contributed by atoms with Crippen LogP contribution in [0.1, 0.15) is 18.0 Å². The minimum atomic E-state index is 0.183. The van der Waals surface area contributed by atoms with Crippen molar-refractivity contribution in [1.82, 2.24) is 5.32 Å². The van der Waals surface area contributed by atoms with Crippen LogP contribution in [0.4, 0.5) is 5.69 Å². The van der Waals surface area contributed by atoms with Crippen LogP contribution in [0.2, 0.25) is 10.0 Å². The van der Waals surface area contributed by atoms with Crippen molar-refractivity contribution in [3.05, 3.63) is 64.1 Å². The minimum Gasteiger partial charge on any atom is -0.375 e. The Morgan fingerprint density at radius 3 is 2.43 bits per heavy atom. The van der Waals surface area contributed by atoms with Gasteiger partial charge in [-0.1, -0.05) is 53.5 Å². The summed E-state index contributed by atoms with van der Waals surface area (Å²) in [5.41, 5.74) is 2.26. The molecule has 0 saturated heterocycles. The first kappa shape index (κ1) is 16.2. The number of halogens is 2. The molecule has 0 saturated carbocycles. The standard InChI is InChI=1S/C17H20Cl2N2/c1-20-16(14-9-6-10-15(18)17(14)19)11-12-21(2)13-7-4-3-5-8-13/h3-10,16,20H,11-12H2,1-2H3. The van der Waals surface area contributed by atoms with Gasteiger partial charge in [0, 0.05) is 25.3 Å². The van der Waals surface area contributed by atoms with Crippen LogP contribution >= 0.6 is 23.2 Å². The van der Waals surface area contributed by atoms with E-state index in [9.17, 15) is 0 Å². The summed E-state index contributed by atoms with van der Waals surface area (Å²) in [5.74, 6) is 0. The zero-order valence-electron chi connectivity index (χ0n) is 12.3. The molecule has 2 rings (SSSR count). The van der Waals surface area contributed by atoms with E-state index >= 15 is 0 Å². The molecule has 0 aliphatic carbocycles. The molecule has 21 heavy (non-hydrogen) atoms. The Balaban J connectivity index is 2.05. The molecule has 0 aromatic heterocycles. The van der Waals surface area contributed by atoms with Crippen molar-refractivity contribution >= 4 is 28.9 Å². The normalized spacial score (nSPS) is 12.2.